The zero-order chi connectivity index (χ0) is 20.0. The van der Waals surface area contributed by atoms with Gasteiger partial charge in [0.15, 0.2) is 9.84 Å². The number of halogens is 1. The number of piperidine rings is 1. The van der Waals surface area contributed by atoms with Gasteiger partial charge in [-0.25, -0.2) is 12.8 Å². The van der Waals surface area contributed by atoms with Crippen molar-refractivity contribution in [2.24, 2.45) is 5.92 Å². The lowest BCUT2D eigenvalue weighted by Gasteiger charge is -2.32. The minimum atomic E-state index is -3.12. The first-order chi connectivity index (χ1) is 13.4. The lowest BCUT2D eigenvalue weighted by Crippen LogP contribution is -2.35. The molecular formula is C22H29FN2O2S. The van der Waals surface area contributed by atoms with Crippen LogP contribution in [0.2, 0.25) is 0 Å². The summed E-state index contributed by atoms with van der Waals surface area (Å²) in [6.45, 7) is 4.19. The summed E-state index contributed by atoms with van der Waals surface area (Å²) in [5, 5.41) is 3.33. The van der Waals surface area contributed by atoms with Crippen LogP contribution >= 0.6 is 0 Å². The summed E-state index contributed by atoms with van der Waals surface area (Å²) in [5.74, 6) is 0.456. The molecule has 0 amide bonds. The molecule has 4 nitrogen and oxygen atoms in total. The van der Waals surface area contributed by atoms with Crippen LogP contribution in [0.5, 0.6) is 0 Å². The fourth-order valence-electron chi connectivity index (χ4n) is 3.72. The standard InChI is InChI=1S/C22H29FN2O2S/c1-28(26,27)22-9-3-18(4-10-22)17-19-11-15-25(16-12-19)14-2-13-24-21-7-5-20(23)6-8-21/h3-10,19,24H,2,11-17H2,1H3. The maximum absolute atomic E-state index is 12.9. The van der Waals surface area contributed by atoms with Gasteiger partial charge in [0.05, 0.1) is 4.90 Å². The Kier molecular flexibility index (Phi) is 7.08. The Hall–Kier alpha value is -1.92. The van der Waals surface area contributed by atoms with E-state index < -0.39 is 9.84 Å². The monoisotopic (exact) mass is 404 g/mol. The molecule has 0 atom stereocenters. The molecule has 2 aromatic carbocycles. The Morgan fingerprint density at radius 3 is 2.29 bits per heavy atom. The normalized spacial score (nSPS) is 16.2. The van der Waals surface area contributed by atoms with E-state index in [4.69, 9.17) is 0 Å². The van der Waals surface area contributed by atoms with Crippen LogP contribution in [0.3, 0.4) is 0 Å². The van der Waals surface area contributed by atoms with E-state index in [1.807, 2.05) is 12.1 Å². The zero-order valence-corrected chi connectivity index (χ0v) is 17.2. The van der Waals surface area contributed by atoms with Gasteiger partial charge < -0.3 is 10.2 Å². The van der Waals surface area contributed by atoms with Crippen molar-refractivity contribution >= 4 is 15.5 Å². The predicted octanol–water partition coefficient (Wildman–Crippen LogP) is 3.99. The molecule has 1 aliphatic rings. The second kappa shape index (κ2) is 9.52. The van der Waals surface area contributed by atoms with Gasteiger partial charge in [-0.15, -0.1) is 0 Å². The number of nitrogens with one attached hydrogen (secondary N) is 1. The van der Waals surface area contributed by atoms with E-state index in [-0.39, 0.29) is 5.82 Å². The van der Waals surface area contributed by atoms with E-state index in [9.17, 15) is 12.8 Å². The Morgan fingerprint density at radius 1 is 1.04 bits per heavy atom. The Labute approximate surface area is 167 Å². The molecule has 0 radical (unpaired) electrons. The fraction of sp³-hybridized carbons (Fsp3) is 0.455. The number of hydrogen-bond acceptors (Lipinski definition) is 4. The summed E-state index contributed by atoms with van der Waals surface area (Å²) < 4.78 is 36.0. The number of benzene rings is 2. The van der Waals surface area contributed by atoms with Crippen LogP contribution in [0.1, 0.15) is 24.8 Å². The van der Waals surface area contributed by atoms with Crippen molar-refractivity contribution in [2.45, 2.75) is 30.6 Å². The van der Waals surface area contributed by atoms with Crippen LogP contribution in [-0.2, 0) is 16.3 Å². The van der Waals surface area contributed by atoms with E-state index in [0.717, 1.165) is 44.7 Å². The molecule has 0 aromatic heterocycles. The van der Waals surface area contributed by atoms with Gasteiger partial charge in [-0.2, -0.15) is 0 Å². The molecule has 0 bridgehead atoms. The highest BCUT2D eigenvalue weighted by Crippen LogP contribution is 2.22. The average molecular weight is 405 g/mol. The molecule has 0 spiro atoms. The topological polar surface area (TPSA) is 49.4 Å². The summed E-state index contributed by atoms with van der Waals surface area (Å²) in [6, 6.07) is 13.8. The fourth-order valence-corrected chi connectivity index (χ4v) is 4.35. The smallest absolute Gasteiger partial charge is 0.175 e. The third-order valence-corrected chi connectivity index (χ3v) is 6.54. The molecule has 2 aromatic rings. The van der Waals surface area contributed by atoms with Crippen molar-refractivity contribution < 1.29 is 12.8 Å². The number of nitrogens with zero attached hydrogens (tertiary/aromatic N) is 1. The molecule has 0 aliphatic carbocycles. The van der Waals surface area contributed by atoms with Gasteiger partial charge in [-0.1, -0.05) is 12.1 Å². The van der Waals surface area contributed by atoms with Crippen molar-refractivity contribution in [3.8, 4) is 0 Å². The highest BCUT2D eigenvalue weighted by molar-refractivity contribution is 7.90. The van der Waals surface area contributed by atoms with Crippen LogP contribution < -0.4 is 5.32 Å². The van der Waals surface area contributed by atoms with E-state index in [1.165, 1.54) is 36.8 Å². The SMILES string of the molecule is CS(=O)(=O)c1ccc(CC2CCN(CCCNc3ccc(F)cc3)CC2)cc1. The van der Waals surface area contributed by atoms with Crippen LogP contribution in [0.4, 0.5) is 10.1 Å². The van der Waals surface area contributed by atoms with Crippen molar-refractivity contribution in [3.05, 3.63) is 59.9 Å². The summed E-state index contributed by atoms with van der Waals surface area (Å²) in [7, 11) is -3.12. The molecule has 6 heteroatoms. The van der Waals surface area contributed by atoms with E-state index in [2.05, 4.69) is 10.2 Å². The molecule has 1 saturated heterocycles. The first kappa shape index (κ1) is 20.8. The number of likely N-dealkylation sites (tertiary alicyclic amines) is 1. The second-order valence-electron chi connectivity index (χ2n) is 7.69. The summed E-state index contributed by atoms with van der Waals surface area (Å²) in [4.78, 5) is 2.90. The second-order valence-corrected chi connectivity index (χ2v) is 9.71. The third-order valence-electron chi connectivity index (χ3n) is 5.41. The van der Waals surface area contributed by atoms with Crippen molar-refractivity contribution in [3.63, 3.8) is 0 Å². The molecule has 28 heavy (non-hydrogen) atoms. The predicted molar refractivity (Wildman–Crippen MR) is 112 cm³/mol. The zero-order valence-electron chi connectivity index (χ0n) is 16.4. The molecule has 152 valence electrons. The van der Waals surface area contributed by atoms with Gasteiger partial charge in [0, 0.05) is 18.5 Å². The number of anilines is 1. The maximum Gasteiger partial charge on any atom is 0.175 e. The lowest BCUT2D eigenvalue weighted by molar-refractivity contribution is 0.183. The number of sulfone groups is 1. The molecule has 1 fully saturated rings. The van der Waals surface area contributed by atoms with Gasteiger partial charge in [-0.3, -0.25) is 0 Å². The Bertz CT molecular complexity index is 843. The number of hydrogen-bond donors (Lipinski definition) is 1. The van der Waals surface area contributed by atoms with Gasteiger partial charge in [0.25, 0.3) is 0 Å². The minimum Gasteiger partial charge on any atom is -0.385 e. The minimum absolute atomic E-state index is 0.209. The highest BCUT2D eigenvalue weighted by Gasteiger charge is 2.19. The summed E-state index contributed by atoms with van der Waals surface area (Å²) in [6.07, 6.45) is 5.68. The quantitative estimate of drug-likeness (QED) is 0.676. The molecule has 3 rings (SSSR count). The lowest BCUT2D eigenvalue weighted by atomic mass is 9.90. The summed E-state index contributed by atoms with van der Waals surface area (Å²) >= 11 is 0. The van der Waals surface area contributed by atoms with Gasteiger partial charge in [0.1, 0.15) is 5.82 Å². The first-order valence-corrected chi connectivity index (χ1v) is 11.8. The van der Waals surface area contributed by atoms with Crippen LogP contribution in [0.15, 0.2) is 53.4 Å². The van der Waals surface area contributed by atoms with Crippen molar-refractivity contribution in [1.82, 2.24) is 4.90 Å². The molecule has 1 N–H and O–H groups in total. The largest absolute Gasteiger partial charge is 0.385 e. The molecular weight excluding hydrogens is 375 g/mol. The van der Waals surface area contributed by atoms with Crippen LogP contribution in [0.25, 0.3) is 0 Å². The van der Waals surface area contributed by atoms with Gasteiger partial charge >= 0.3 is 0 Å². The average Bonchev–Trinajstić information content (AvgIpc) is 2.68. The highest BCUT2D eigenvalue weighted by atomic mass is 32.2. The van der Waals surface area contributed by atoms with Crippen molar-refractivity contribution in [2.75, 3.05) is 37.8 Å². The maximum atomic E-state index is 12.9. The van der Waals surface area contributed by atoms with E-state index >= 15 is 0 Å². The number of rotatable bonds is 8. The van der Waals surface area contributed by atoms with E-state index in [0.29, 0.717) is 10.8 Å². The van der Waals surface area contributed by atoms with E-state index in [1.54, 1.807) is 24.3 Å². The van der Waals surface area contributed by atoms with Crippen LogP contribution in [-0.4, -0.2) is 45.8 Å². The molecule has 1 aliphatic heterocycles. The molecule has 0 saturated carbocycles. The van der Waals surface area contributed by atoms with Crippen molar-refractivity contribution in [1.29, 1.82) is 0 Å². The van der Waals surface area contributed by atoms with Gasteiger partial charge in [-0.05, 0) is 93.2 Å². The molecule has 0 unspecified atom stereocenters. The Balaban J connectivity index is 1.34. The first-order valence-electron chi connectivity index (χ1n) is 9.91. The van der Waals surface area contributed by atoms with Gasteiger partial charge in [0.2, 0.25) is 0 Å². The summed E-state index contributed by atoms with van der Waals surface area (Å²) in [5.41, 5.74) is 2.18. The van der Waals surface area contributed by atoms with Crippen LogP contribution in [0, 0.1) is 11.7 Å². The molecule has 1 heterocycles. The Morgan fingerprint density at radius 2 is 1.68 bits per heavy atom. The third kappa shape index (κ3) is 6.31.